The van der Waals surface area contributed by atoms with Gasteiger partial charge in [-0.3, -0.25) is 9.59 Å². The Labute approximate surface area is 206 Å². The second-order valence-corrected chi connectivity index (χ2v) is 10.8. The third-order valence-electron chi connectivity index (χ3n) is 6.56. The standard InChI is InChI=1S/C25H31N3O6S/c1-17(29)28-11-5-6-18-12-23(8-9-24(18)28)35(31,32)27-10-4-7-19(16-27)25(30)26-20-13-21(33-2)15-22(14-20)34-3/h8-9,12-15,19H,4-7,10-11,16H2,1-3H3,(H,26,30)/t19-/m1/s1. The van der Waals surface area contributed by atoms with Gasteiger partial charge < -0.3 is 19.7 Å². The number of anilines is 2. The highest BCUT2D eigenvalue weighted by molar-refractivity contribution is 7.89. The Kier molecular flexibility index (Phi) is 7.32. The summed E-state index contributed by atoms with van der Waals surface area (Å²) in [5.74, 6) is 0.302. The minimum atomic E-state index is -3.78. The van der Waals surface area contributed by atoms with Gasteiger partial charge in [-0.05, 0) is 49.4 Å². The lowest BCUT2D eigenvalue weighted by Gasteiger charge is -2.32. The third kappa shape index (κ3) is 5.28. The van der Waals surface area contributed by atoms with Gasteiger partial charge in [0.2, 0.25) is 21.8 Å². The minimum Gasteiger partial charge on any atom is -0.497 e. The fraction of sp³-hybridized carbons (Fsp3) is 0.440. The van der Waals surface area contributed by atoms with Gasteiger partial charge >= 0.3 is 0 Å². The molecule has 0 radical (unpaired) electrons. The highest BCUT2D eigenvalue weighted by atomic mass is 32.2. The van der Waals surface area contributed by atoms with E-state index in [1.54, 1.807) is 41.3 Å². The van der Waals surface area contributed by atoms with E-state index in [-0.39, 0.29) is 23.3 Å². The van der Waals surface area contributed by atoms with Crippen molar-refractivity contribution < 1.29 is 27.5 Å². The van der Waals surface area contributed by atoms with Crippen molar-refractivity contribution in [3.05, 3.63) is 42.0 Å². The number of rotatable bonds is 6. The average molecular weight is 502 g/mol. The SMILES string of the molecule is COc1cc(NC(=O)[C@@H]2CCCN(S(=O)(=O)c3ccc4c(c3)CCCN4C(C)=O)C2)cc(OC)c1. The molecule has 0 saturated carbocycles. The maximum absolute atomic E-state index is 13.5. The van der Waals surface area contributed by atoms with Crippen molar-refractivity contribution in [3.8, 4) is 11.5 Å². The molecule has 2 amide bonds. The number of piperidine rings is 1. The fourth-order valence-corrected chi connectivity index (χ4v) is 6.28. The molecule has 1 N–H and O–H groups in total. The molecule has 0 unspecified atom stereocenters. The predicted octanol–water partition coefficient (Wildman–Crippen LogP) is 3.04. The Morgan fingerprint density at radius 3 is 2.37 bits per heavy atom. The number of amides is 2. The lowest BCUT2D eigenvalue weighted by molar-refractivity contribution is -0.121. The van der Waals surface area contributed by atoms with Crippen LogP contribution in [0.2, 0.25) is 0 Å². The van der Waals surface area contributed by atoms with Crippen molar-refractivity contribution in [2.75, 3.05) is 44.1 Å². The smallest absolute Gasteiger partial charge is 0.243 e. The molecule has 35 heavy (non-hydrogen) atoms. The van der Waals surface area contributed by atoms with Gasteiger partial charge in [-0.1, -0.05) is 0 Å². The van der Waals surface area contributed by atoms with Crippen LogP contribution >= 0.6 is 0 Å². The van der Waals surface area contributed by atoms with Gasteiger partial charge in [0.1, 0.15) is 11.5 Å². The molecule has 2 aliphatic heterocycles. The third-order valence-corrected chi connectivity index (χ3v) is 8.42. The lowest BCUT2D eigenvalue weighted by atomic mass is 9.98. The molecule has 0 aliphatic carbocycles. The number of hydrogen-bond acceptors (Lipinski definition) is 6. The van der Waals surface area contributed by atoms with Crippen molar-refractivity contribution >= 4 is 33.2 Å². The van der Waals surface area contributed by atoms with Gasteiger partial charge in [-0.25, -0.2) is 8.42 Å². The first kappa shape index (κ1) is 25.0. The number of ether oxygens (including phenoxy) is 2. The summed E-state index contributed by atoms with van der Waals surface area (Å²) in [5, 5.41) is 2.87. The Balaban J connectivity index is 1.50. The van der Waals surface area contributed by atoms with Crippen LogP contribution in [0.3, 0.4) is 0 Å². The first-order chi connectivity index (χ1) is 16.7. The average Bonchev–Trinajstić information content (AvgIpc) is 2.87. The Hall–Kier alpha value is -3.11. The van der Waals surface area contributed by atoms with E-state index in [0.717, 1.165) is 24.1 Å². The molecule has 0 aromatic heterocycles. The molecular formula is C25H31N3O6S. The van der Waals surface area contributed by atoms with Gasteiger partial charge in [-0.15, -0.1) is 0 Å². The van der Waals surface area contributed by atoms with Gasteiger partial charge in [-0.2, -0.15) is 4.31 Å². The van der Waals surface area contributed by atoms with E-state index in [9.17, 15) is 18.0 Å². The first-order valence-electron chi connectivity index (χ1n) is 11.7. The van der Waals surface area contributed by atoms with Crippen LogP contribution in [0, 0.1) is 5.92 Å². The summed E-state index contributed by atoms with van der Waals surface area (Å²) in [6.07, 6.45) is 2.69. The van der Waals surface area contributed by atoms with Crippen molar-refractivity contribution in [3.63, 3.8) is 0 Å². The molecule has 0 bridgehead atoms. The summed E-state index contributed by atoms with van der Waals surface area (Å²) in [6, 6.07) is 10.0. The van der Waals surface area contributed by atoms with Crippen LogP contribution in [0.1, 0.15) is 31.7 Å². The van der Waals surface area contributed by atoms with Crippen LogP contribution in [0.25, 0.3) is 0 Å². The minimum absolute atomic E-state index is 0.0555. The zero-order valence-electron chi connectivity index (χ0n) is 20.2. The van der Waals surface area contributed by atoms with E-state index in [4.69, 9.17) is 9.47 Å². The van der Waals surface area contributed by atoms with Gasteiger partial charge in [0.15, 0.2) is 0 Å². The number of nitrogens with one attached hydrogen (secondary N) is 1. The largest absolute Gasteiger partial charge is 0.497 e. The number of nitrogens with zero attached hydrogens (tertiary/aromatic N) is 2. The zero-order valence-corrected chi connectivity index (χ0v) is 21.1. The number of methoxy groups -OCH3 is 2. The molecule has 10 heteroatoms. The van der Waals surface area contributed by atoms with Crippen LogP contribution in [-0.2, 0) is 26.0 Å². The first-order valence-corrected chi connectivity index (χ1v) is 13.1. The molecule has 0 spiro atoms. The molecule has 2 aromatic carbocycles. The summed E-state index contributed by atoms with van der Waals surface area (Å²) in [4.78, 5) is 26.8. The number of fused-ring (bicyclic) bond motifs is 1. The van der Waals surface area contributed by atoms with Crippen molar-refractivity contribution in [2.45, 2.75) is 37.5 Å². The van der Waals surface area contributed by atoms with Crippen LogP contribution in [0.4, 0.5) is 11.4 Å². The van der Waals surface area contributed by atoms with E-state index < -0.39 is 15.9 Å². The topological polar surface area (TPSA) is 105 Å². The molecule has 1 fully saturated rings. The molecule has 1 atom stereocenters. The molecule has 2 aromatic rings. The number of aryl methyl sites for hydroxylation is 1. The van der Waals surface area contributed by atoms with Crippen LogP contribution < -0.4 is 19.7 Å². The zero-order chi connectivity index (χ0) is 25.2. The number of sulfonamides is 1. The van der Waals surface area contributed by atoms with E-state index >= 15 is 0 Å². The van der Waals surface area contributed by atoms with Crippen LogP contribution in [0.5, 0.6) is 11.5 Å². The lowest BCUT2D eigenvalue weighted by Crippen LogP contribution is -2.43. The Bertz CT molecular complexity index is 1210. The van der Waals surface area contributed by atoms with Crippen molar-refractivity contribution in [1.82, 2.24) is 4.31 Å². The fourth-order valence-electron chi connectivity index (χ4n) is 4.71. The van der Waals surface area contributed by atoms with Crippen molar-refractivity contribution in [1.29, 1.82) is 0 Å². The normalized spacial score (nSPS) is 18.5. The summed E-state index contributed by atoms with van der Waals surface area (Å²) in [5.41, 5.74) is 2.15. The van der Waals surface area contributed by atoms with Crippen molar-refractivity contribution in [2.24, 2.45) is 5.92 Å². The summed E-state index contributed by atoms with van der Waals surface area (Å²) in [7, 11) is -0.723. The van der Waals surface area contributed by atoms with Gasteiger partial charge in [0, 0.05) is 56.1 Å². The summed E-state index contributed by atoms with van der Waals surface area (Å²) in [6.45, 7) is 2.61. The second-order valence-electron chi connectivity index (χ2n) is 8.86. The molecule has 9 nitrogen and oxygen atoms in total. The maximum Gasteiger partial charge on any atom is 0.243 e. The molecule has 2 aliphatic rings. The van der Waals surface area contributed by atoms with E-state index in [0.29, 0.717) is 43.1 Å². The molecule has 2 heterocycles. The number of hydrogen-bond donors (Lipinski definition) is 1. The highest BCUT2D eigenvalue weighted by Crippen LogP contribution is 2.32. The quantitative estimate of drug-likeness (QED) is 0.652. The van der Waals surface area contributed by atoms with Crippen LogP contribution in [0.15, 0.2) is 41.3 Å². The molecule has 4 rings (SSSR count). The van der Waals surface area contributed by atoms with Crippen LogP contribution in [-0.4, -0.2) is 58.4 Å². The predicted molar refractivity (Wildman–Crippen MR) is 132 cm³/mol. The van der Waals surface area contributed by atoms with E-state index in [1.807, 2.05) is 0 Å². The molecule has 1 saturated heterocycles. The van der Waals surface area contributed by atoms with Gasteiger partial charge in [0.05, 0.1) is 25.0 Å². The number of carbonyl (C=O) groups is 2. The van der Waals surface area contributed by atoms with Gasteiger partial charge in [0.25, 0.3) is 0 Å². The number of carbonyl (C=O) groups excluding carboxylic acids is 2. The van der Waals surface area contributed by atoms with E-state index in [1.165, 1.54) is 25.4 Å². The molecule has 188 valence electrons. The van der Waals surface area contributed by atoms with E-state index in [2.05, 4.69) is 5.32 Å². The Morgan fingerprint density at radius 1 is 1.00 bits per heavy atom. The second kappa shape index (κ2) is 10.2. The maximum atomic E-state index is 13.5. The summed E-state index contributed by atoms with van der Waals surface area (Å²) < 4.78 is 38.8. The number of benzene rings is 2. The monoisotopic (exact) mass is 501 g/mol. The summed E-state index contributed by atoms with van der Waals surface area (Å²) >= 11 is 0. The Morgan fingerprint density at radius 2 is 1.71 bits per heavy atom. The highest BCUT2D eigenvalue weighted by Gasteiger charge is 2.34. The molecular weight excluding hydrogens is 470 g/mol.